The summed E-state index contributed by atoms with van der Waals surface area (Å²) in [4.78, 5) is 14.1. The molecular weight excluding hydrogens is 604 g/mol. The van der Waals surface area contributed by atoms with Crippen LogP contribution in [0.3, 0.4) is 0 Å². The summed E-state index contributed by atoms with van der Waals surface area (Å²) in [5.74, 6) is 0.381. The highest BCUT2D eigenvalue weighted by Gasteiger charge is 2.24. The smallest absolute Gasteiger partial charge is 0.146 e. The van der Waals surface area contributed by atoms with Crippen LogP contribution in [0.1, 0.15) is 76.6 Å². The molecule has 0 aliphatic rings. The first-order valence-electron chi connectivity index (χ1n) is 16.5. The third kappa shape index (κ3) is 7.19. The lowest BCUT2D eigenvalue weighted by Gasteiger charge is -2.23. The van der Waals surface area contributed by atoms with Gasteiger partial charge in [-0.3, -0.25) is 0 Å². The van der Waals surface area contributed by atoms with Crippen LogP contribution in [0.5, 0.6) is 11.5 Å². The number of hydrogen-bond acceptors (Lipinski definition) is 8. The van der Waals surface area contributed by atoms with Gasteiger partial charge in [-0.1, -0.05) is 77.9 Å². The molecule has 2 aromatic heterocycles. The monoisotopic (exact) mass is 648 g/mol. The van der Waals surface area contributed by atoms with E-state index in [1.807, 2.05) is 60.7 Å². The molecule has 2 heterocycles. The molecule has 0 amide bonds. The van der Waals surface area contributed by atoms with Crippen LogP contribution in [0, 0.1) is 0 Å². The van der Waals surface area contributed by atoms with E-state index in [4.69, 9.17) is 9.78 Å². The van der Waals surface area contributed by atoms with Gasteiger partial charge >= 0.3 is 0 Å². The predicted octanol–water partition coefficient (Wildman–Crippen LogP) is 7.67. The van der Waals surface area contributed by atoms with Gasteiger partial charge in [0.15, 0.2) is 0 Å². The fraction of sp³-hybridized carbons (Fsp3) is 0.368. The molecule has 0 saturated heterocycles. The Hall–Kier alpha value is -4.80. The minimum atomic E-state index is -0.268. The van der Waals surface area contributed by atoms with Crippen molar-refractivity contribution in [2.75, 3.05) is 13.2 Å². The van der Waals surface area contributed by atoms with Crippen molar-refractivity contribution in [1.29, 1.82) is 0 Å². The Morgan fingerprint density at radius 2 is 0.875 bits per heavy atom. The Labute approximate surface area is 280 Å². The van der Waals surface area contributed by atoms with Gasteiger partial charge in [0, 0.05) is 11.1 Å². The fourth-order valence-electron chi connectivity index (χ4n) is 5.81. The van der Waals surface area contributed by atoms with E-state index in [-0.39, 0.29) is 22.3 Å². The van der Waals surface area contributed by atoms with Gasteiger partial charge in [0.1, 0.15) is 44.9 Å². The van der Waals surface area contributed by atoms with Crippen LogP contribution in [-0.2, 0) is 33.4 Å². The van der Waals surface area contributed by atoms with Gasteiger partial charge in [-0.15, -0.1) is 30.0 Å². The van der Waals surface area contributed by atoms with Gasteiger partial charge in [-0.25, -0.2) is 9.78 Å². The van der Waals surface area contributed by atoms with E-state index in [1.54, 1.807) is 0 Å². The topological polar surface area (TPSA) is 120 Å². The van der Waals surface area contributed by atoms with Gasteiger partial charge < -0.3 is 10.2 Å². The van der Waals surface area contributed by atoms with Crippen LogP contribution in [0.25, 0.3) is 33.4 Å². The number of phenols is 2. The van der Waals surface area contributed by atoms with Gasteiger partial charge in [-0.05, 0) is 84.0 Å². The number of aromatic hydroxyl groups is 2. The first-order chi connectivity index (χ1) is 22.9. The summed E-state index contributed by atoms with van der Waals surface area (Å²) >= 11 is 0. The van der Waals surface area contributed by atoms with E-state index >= 15 is 0 Å². The van der Waals surface area contributed by atoms with Crippen molar-refractivity contribution >= 4 is 22.1 Å². The zero-order valence-corrected chi connectivity index (χ0v) is 28.6. The van der Waals surface area contributed by atoms with Crippen molar-refractivity contribution < 1.29 is 20.0 Å². The predicted molar refractivity (Wildman–Crippen MR) is 187 cm³/mol. The molecule has 250 valence electrons. The maximum Gasteiger partial charge on any atom is 0.146 e. The van der Waals surface area contributed by atoms with E-state index in [0.29, 0.717) is 24.6 Å². The molecule has 10 nitrogen and oxygen atoms in total. The van der Waals surface area contributed by atoms with Crippen LogP contribution >= 0.6 is 0 Å². The normalized spacial score (nSPS) is 12.4. The molecule has 0 fully saturated rings. The summed E-state index contributed by atoms with van der Waals surface area (Å²) in [5.41, 5.74) is 7.50. The molecule has 4 aromatic carbocycles. The van der Waals surface area contributed by atoms with Crippen molar-refractivity contribution in [3.05, 3.63) is 95.1 Å². The molecule has 0 aliphatic heterocycles. The van der Waals surface area contributed by atoms with Gasteiger partial charge in [0.05, 0.1) is 13.2 Å². The zero-order chi connectivity index (χ0) is 34.1. The molecule has 6 aromatic rings. The number of hydrogen-bond donors (Lipinski definition) is 2. The summed E-state index contributed by atoms with van der Waals surface area (Å²) in [6.07, 6.45) is 2.96. The average Bonchev–Trinajstić information content (AvgIpc) is 3.67. The standard InChI is InChI=1S/C38H44N6O4/c1-37(2,3)27-21-25(23-33(35(27)45)43-39-29-15-7-8-16-30(29)40-43)13-11-19-47-48-20-12-14-26-22-28(38(4,5)6)36(46)34(24-26)44-41-31-17-9-10-18-32(31)42-44/h7-10,15-18,21-24,45-46H,11-14,19-20H2,1-6H3. The second kappa shape index (κ2) is 13.4. The number of nitrogens with zero attached hydrogens (tertiary/aromatic N) is 6. The van der Waals surface area contributed by atoms with Crippen LogP contribution in [0.15, 0.2) is 72.8 Å². The lowest BCUT2D eigenvalue weighted by Crippen LogP contribution is -2.14. The summed E-state index contributed by atoms with van der Waals surface area (Å²) in [6, 6.07) is 23.3. The van der Waals surface area contributed by atoms with Crippen LogP contribution < -0.4 is 0 Å². The van der Waals surface area contributed by atoms with Crippen molar-refractivity contribution in [2.24, 2.45) is 0 Å². The van der Waals surface area contributed by atoms with E-state index in [9.17, 15) is 10.2 Å². The summed E-state index contributed by atoms with van der Waals surface area (Å²) in [6.45, 7) is 13.4. The molecule has 6 rings (SSSR count). The molecule has 0 spiro atoms. The highest BCUT2D eigenvalue weighted by Crippen LogP contribution is 2.38. The SMILES string of the molecule is CC(C)(C)c1cc(CCCOOCCCc2cc(-n3nc4ccccc4n3)c(O)c(C(C)(C)C)c2)cc(-n2nc3ccccc3n2)c1O. The number of phenolic OH excluding ortho intramolecular Hbond substituents is 2. The summed E-state index contributed by atoms with van der Waals surface area (Å²) in [5, 5.41) is 40.8. The highest BCUT2D eigenvalue weighted by atomic mass is 17.2. The van der Waals surface area contributed by atoms with Crippen LogP contribution in [-0.4, -0.2) is 53.4 Å². The number of benzene rings is 4. The van der Waals surface area contributed by atoms with Crippen molar-refractivity contribution in [3.8, 4) is 22.9 Å². The Balaban J connectivity index is 1.05. The quantitative estimate of drug-likeness (QED) is 0.0834. The lowest BCUT2D eigenvalue weighted by atomic mass is 9.84. The zero-order valence-electron chi connectivity index (χ0n) is 28.6. The first-order valence-corrected chi connectivity index (χ1v) is 16.5. The summed E-state index contributed by atoms with van der Waals surface area (Å²) < 4.78 is 0. The molecule has 0 aliphatic carbocycles. The lowest BCUT2D eigenvalue weighted by molar-refractivity contribution is -0.294. The molecule has 0 saturated carbocycles. The van der Waals surface area contributed by atoms with E-state index in [2.05, 4.69) is 74.1 Å². The Kier molecular flexibility index (Phi) is 9.22. The Bertz CT molecular complexity index is 1840. The third-order valence-corrected chi connectivity index (χ3v) is 8.39. The fourth-order valence-corrected chi connectivity index (χ4v) is 5.81. The average molecular weight is 649 g/mol. The molecule has 0 atom stereocenters. The van der Waals surface area contributed by atoms with Crippen LogP contribution in [0.2, 0.25) is 0 Å². The van der Waals surface area contributed by atoms with Crippen LogP contribution in [0.4, 0.5) is 0 Å². The molecule has 0 radical (unpaired) electrons. The Morgan fingerprint density at radius 1 is 0.542 bits per heavy atom. The minimum Gasteiger partial charge on any atom is -0.505 e. The van der Waals surface area contributed by atoms with Gasteiger partial charge in [0.25, 0.3) is 0 Å². The molecule has 0 unspecified atom stereocenters. The third-order valence-electron chi connectivity index (χ3n) is 8.39. The minimum absolute atomic E-state index is 0.191. The molecular formula is C38H44N6O4. The van der Waals surface area contributed by atoms with Crippen molar-refractivity contribution in [1.82, 2.24) is 30.0 Å². The second-order valence-corrected chi connectivity index (χ2v) is 14.3. The van der Waals surface area contributed by atoms with E-state index in [0.717, 1.165) is 70.0 Å². The molecule has 2 N–H and O–H groups in total. The van der Waals surface area contributed by atoms with Crippen molar-refractivity contribution in [2.45, 2.75) is 78.1 Å². The number of rotatable bonds is 11. The maximum absolute atomic E-state index is 11.2. The number of aromatic nitrogens is 6. The number of fused-ring (bicyclic) bond motifs is 2. The Morgan fingerprint density at radius 3 is 1.19 bits per heavy atom. The first kappa shape index (κ1) is 33.1. The summed E-state index contributed by atoms with van der Waals surface area (Å²) in [7, 11) is 0. The second-order valence-electron chi connectivity index (χ2n) is 14.3. The molecule has 48 heavy (non-hydrogen) atoms. The number of aryl methyl sites for hydroxylation is 2. The molecule has 0 bridgehead atoms. The largest absolute Gasteiger partial charge is 0.505 e. The van der Waals surface area contributed by atoms with Gasteiger partial charge in [-0.2, -0.15) is 0 Å². The van der Waals surface area contributed by atoms with Gasteiger partial charge in [0.2, 0.25) is 0 Å². The van der Waals surface area contributed by atoms with E-state index < -0.39 is 0 Å². The van der Waals surface area contributed by atoms with E-state index in [1.165, 1.54) is 9.59 Å². The molecule has 10 heteroatoms. The maximum atomic E-state index is 11.2. The highest BCUT2D eigenvalue weighted by molar-refractivity contribution is 5.74. The van der Waals surface area contributed by atoms with Crippen molar-refractivity contribution in [3.63, 3.8) is 0 Å².